The topological polar surface area (TPSA) is 26.3 Å². The van der Waals surface area contributed by atoms with Gasteiger partial charge in [-0.05, 0) is 12.5 Å². The van der Waals surface area contributed by atoms with Gasteiger partial charge in [-0.3, -0.25) is 4.57 Å². The summed E-state index contributed by atoms with van der Waals surface area (Å²) in [6.45, 7) is 2.02. The number of hydrogen-bond acceptors (Lipinski definition) is 2. The maximum Gasteiger partial charge on any atom is 0.163 e. The van der Waals surface area contributed by atoms with Gasteiger partial charge in [0.25, 0.3) is 0 Å². The molecule has 0 spiro atoms. The average Bonchev–Trinajstić information content (AvgIpc) is 2.20. The highest BCUT2D eigenvalue weighted by molar-refractivity contribution is 7.24. The lowest BCUT2D eigenvalue weighted by atomic mass is 10.1. The molecule has 0 aliphatic heterocycles. The molecule has 13 heavy (non-hydrogen) atoms. The van der Waals surface area contributed by atoms with Crippen LogP contribution in [0.3, 0.4) is 0 Å². The van der Waals surface area contributed by atoms with Crippen molar-refractivity contribution in [3.8, 4) is 5.75 Å². The fraction of sp³-hybridized carbons (Fsp3) is 0.400. The van der Waals surface area contributed by atoms with Gasteiger partial charge in [0.1, 0.15) is 5.75 Å². The standard InChI is InChI=1S/C10H13O2P/c1-3-10(13-11)8-6-4-5-7-9(8)12-2/h4-7,10H,3H2,1-2H3. The summed E-state index contributed by atoms with van der Waals surface area (Å²) >= 11 is 0. The van der Waals surface area contributed by atoms with Crippen molar-refractivity contribution in [1.82, 2.24) is 0 Å². The molecular formula is C10H13O2P. The highest BCUT2D eigenvalue weighted by Crippen LogP contribution is 2.35. The van der Waals surface area contributed by atoms with Crippen molar-refractivity contribution in [3.05, 3.63) is 29.8 Å². The van der Waals surface area contributed by atoms with Crippen LogP contribution in [0.1, 0.15) is 24.6 Å². The number of rotatable bonds is 4. The Hall–Kier alpha value is -0.880. The second-order valence-electron chi connectivity index (χ2n) is 2.77. The highest BCUT2D eigenvalue weighted by atomic mass is 31.1. The minimum absolute atomic E-state index is 0.0520. The lowest BCUT2D eigenvalue weighted by Crippen LogP contribution is -1.93. The van der Waals surface area contributed by atoms with Crippen molar-refractivity contribution < 1.29 is 9.30 Å². The van der Waals surface area contributed by atoms with Crippen LogP contribution in [0.2, 0.25) is 0 Å². The van der Waals surface area contributed by atoms with Gasteiger partial charge >= 0.3 is 0 Å². The first-order chi connectivity index (χ1) is 6.33. The second-order valence-corrected chi connectivity index (χ2v) is 3.61. The number of hydrogen-bond donors (Lipinski definition) is 0. The third kappa shape index (κ3) is 2.28. The van der Waals surface area contributed by atoms with Crippen molar-refractivity contribution in [2.45, 2.75) is 19.0 Å². The molecule has 0 aromatic heterocycles. The monoisotopic (exact) mass is 196 g/mol. The van der Waals surface area contributed by atoms with E-state index >= 15 is 0 Å². The number of ether oxygens (including phenoxy) is 1. The highest BCUT2D eigenvalue weighted by Gasteiger charge is 2.13. The summed E-state index contributed by atoms with van der Waals surface area (Å²) in [6, 6.07) is 7.70. The summed E-state index contributed by atoms with van der Waals surface area (Å²) in [5.41, 5.74) is 1.07. The molecule has 70 valence electrons. The molecule has 0 N–H and O–H groups in total. The van der Waals surface area contributed by atoms with Crippen LogP contribution in [0.25, 0.3) is 0 Å². The third-order valence-corrected chi connectivity index (χ3v) is 2.91. The predicted octanol–water partition coefficient (Wildman–Crippen LogP) is 3.44. The van der Waals surface area contributed by atoms with Crippen LogP contribution in [-0.2, 0) is 4.57 Å². The van der Waals surface area contributed by atoms with Crippen LogP contribution in [0.15, 0.2) is 24.3 Å². The normalized spacial score (nSPS) is 12.8. The second kappa shape index (κ2) is 4.98. The third-order valence-electron chi connectivity index (χ3n) is 2.01. The Balaban J connectivity index is 3.03. The van der Waals surface area contributed by atoms with Gasteiger partial charge in [-0.25, -0.2) is 0 Å². The largest absolute Gasteiger partial charge is 0.496 e. The van der Waals surface area contributed by atoms with E-state index in [0.29, 0.717) is 0 Å². The average molecular weight is 196 g/mol. The lowest BCUT2D eigenvalue weighted by molar-refractivity contribution is 0.408. The van der Waals surface area contributed by atoms with E-state index in [9.17, 15) is 4.57 Å². The molecule has 1 aromatic rings. The summed E-state index contributed by atoms with van der Waals surface area (Å²) in [4.78, 5) is 0. The lowest BCUT2D eigenvalue weighted by Gasteiger charge is -2.11. The first-order valence-corrected chi connectivity index (χ1v) is 5.17. The van der Waals surface area contributed by atoms with Crippen LogP contribution >= 0.6 is 8.46 Å². The molecule has 0 fully saturated rings. The summed E-state index contributed by atoms with van der Waals surface area (Å²) in [5, 5.41) is 0. The van der Waals surface area contributed by atoms with Crippen molar-refractivity contribution in [2.24, 2.45) is 0 Å². The maximum atomic E-state index is 10.8. The first kappa shape index (κ1) is 10.2. The molecule has 0 heterocycles. The molecule has 0 saturated carbocycles. The quantitative estimate of drug-likeness (QED) is 0.689. The SMILES string of the molecule is CCC(P=O)c1ccccc1OC. The smallest absolute Gasteiger partial charge is 0.163 e. The first-order valence-electron chi connectivity index (χ1n) is 4.28. The molecular weight excluding hydrogens is 183 g/mol. The Morgan fingerprint density at radius 3 is 2.69 bits per heavy atom. The Labute approximate surface area is 80.1 Å². The van der Waals surface area contributed by atoms with Crippen LogP contribution in [0.5, 0.6) is 5.75 Å². The van der Waals surface area contributed by atoms with E-state index in [0.717, 1.165) is 17.7 Å². The van der Waals surface area contributed by atoms with E-state index in [1.807, 2.05) is 31.2 Å². The molecule has 1 aromatic carbocycles. The van der Waals surface area contributed by atoms with Gasteiger partial charge in [-0.15, -0.1) is 0 Å². The van der Waals surface area contributed by atoms with Crippen molar-refractivity contribution in [1.29, 1.82) is 0 Å². The van der Waals surface area contributed by atoms with Gasteiger partial charge in [-0.2, -0.15) is 0 Å². The van der Waals surface area contributed by atoms with E-state index < -0.39 is 0 Å². The summed E-state index contributed by atoms with van der Waals surface area (Å²) < 4.78 is 16.0. The van der Waals surface area contributed by atoms with Gasteiger partial charge in [0.15, 0.2) is 8.46 Å². The zero-order valence-corrected chi connectivity index (χ0v) is 8.75. The molecule has 3 heteroatoms. The molecule has 0 amide bonds. The van der Waals surface area contributed by atoms with E-state index in [1.165, 1.54) is 0 Å². The molecule has 1 rings (SSSR count). The zero-order valence-electron chi connectivity index (χ0n) is 7.86. The minimum Gasteiger partial charge on any atom is -0.496 e. The van der Waals surface area contributed by atoms with Gasteiger partial charge in [-0.1, -0.05) is 25.1 Å². The number of para-hydroxylation sites is 1. The predicted molar refractivity (Wildman–Crippen MR) is 53.6 cm³/mol. The molecule has 1 atom stereocenters. The molecule has 1 unspecified atom stereocenters. The summed E-state index contributed by atoms with van der Waals surface area (Å²) in [5.74, 6) is 0.817. The van der Waals surface area contributed by atoms with E-state index in [1.54, 1.807) is 7.11 Å². The fourth-order valence-electron chi connectivity index (χ4n) is 1.29. The Kier molecular flexibility index (Phi) is 3.91. The van der Waals surface area contributed by atoms with Crippen molar-refractivity contribution in [2.75, 3.05) is 7.11 Å². The van der Waals surface area contributed by atoms with E-state index in [-0.39, 0.29) is 14.1 Å². The van der Waals surface area contributed by atoms with Crippen LogP contribution in [0.4, 0.5) is 0 Å². The fourth-order valence-corrected chi connectivity index (χ4v) is 1.77. The maximum absolute atomic E-state index is 10.8. The van der Waals surface area contributed by atoms with Gasteiger partial charge in [0, 0.05) is 5.56 Å². The van der Waals surface area contributed by atoms with Crippen molar-refractivity contribution >= 4 is 8.46 Å². The molecule has 0 saturated heterocycles. The Bertz CT molecular complexity index is 286. The number of methoxy groups -OCH3 is 1. The molecule has 2 nitrogen and oxygen atoms in total. The molecule has 0 radical (unpaired) electrons. The van der Waals surface area contributed by atoms with Crippen LogP contribution in [-0.4, -0.2) is 7.11 Å². The summed E-state index contributed by atoms with van der Waals surface area (Å²) in [7, 11) is 1.79. The minimum atomic E-state index is 0.0520. The van der Waals surface area contributed by atoms with Gasteiger partial charge < -0.3 is 4.74 Å². The summed E-state index contributed by atoms with van der Waals surface area (Å²) in [6.07, 6.45) is 0.853. The Morgan fingerprint density at radius 2 is 2.15 bits per heavy atom. The van der Waals surface area contributed by atoms with Crippen molar-refractivity contribution in [3.63, 3.8) is 0 Å². The molecule has 0 aliphatic rings. The van der Waals surface area contributed by atoms with E-state index in [2.05, 4.69) is 0 Å². The zero-order chi connectivity index (χ0) is 9.68. The van der Waals surface area contributed by atoms with Gasteiger partial charge in [0.05, 0.1) is 12.8 Å². The van der Waals surface area contributed by atoms with Gasteiger partial charge in [0.2, 0.25) is 0 Å². The Morgan fingerprint density at radius 1 is 1.46 bits per heavy atom. The number of benzene rings is 1. The van der Waals surface area contributed by atoms with Crippen LogP contribution < -0.4 is 4.74 Å². The van der Waals surface area contributed by atoms with E-state index in [4.69, 9.17) is 4.74 Å². The molecule has 0 bridgehead atoms. The molecule has 0 aliphatic carbocycles. The van der Waals surface area contributed by atoms with Crippen LogP contribution in [0, 0.1) is 0 Å².